The summed E-state index contributed by atoms with van der Waals surface area (Å²) in [4.78, 5) is 36.2. The van der Waals surface area contributed by atoms with Gasteiger partial charge in [0.15, 0.2) is 6.10 Å². The fraction of sp³-hybridized carbons (Fsp3) is 0.438. The van der Waals surface area contributed by atoms with Crippen LogP contribution in [0, 0.1) is 6.92 Å². The van der Waals surface area contributed by atoms with Crippen LogP contribution >= 0.6 is 0 Å². The second kappa shape index (κ2) is 6.28. The van der Waals surface area contributed by atoms with Crippen LogP contribution in [0.25, 0.3) is 0 Å². The first-order valence-corrected chi connectivity index (χ1v) is 7.47. The molecule has 2 N–H and O–H groups in total. The maximum Gasteiger partial charge on any atom is 0.344 e. The van der Waals surface area contributed by atoms with Crippen molar-refractivity contribution in [2.24, 2.45) is 0 Å². The molecule has 0 aliphatic carbocycles. The number of imide groups is 1. The number of amides is 4. The zero-order chi connectivity index (χ0) is 17.2. The first-order valence-electron chi connectivity index (χ1n) is 7.47. The number of carbonyl (C=O) groups is 3. The predicted molar refractivity (Wildman–Crippen MR) is 83.5 cm³/mol. The van der Waals surface area contributed by atoms with Crippen molar-refractivity contribution < 1.29 is 19.1 Å². The van der Waals surface area contributed by atoms with Crippen LogP contribution in [0.5, 0.6) is 5.75 Å². The van der Waals surface area contributed by atoms with E-state index in [0.29, 0.717) is 17.2 Å². The molecule has 0 unspecified atom stereocenters. The Morgan fingerprint density at radius 2 is 2.13 bits per heavy atom. The molecule has 124 valence electrons. The summed E-state index contributed by atoms with van der Waals surface area (Å²) in [6.45, 7) is 6.87. The number of aryl methyl sites for hydroxylation is 1. The normalized spacial score (nSPS) is 21.8. The van der Waals surface area contributed by atoms with E-state index in [1.807, 2.05) is 19.1 Å². The van der Waals surface area contributed by atoms with Gasteiger partial charge in [-0.2, -0.15) is 5.01 Å². The van der Waals surface area contributed by atoms with Crippen LogP contribution in [-0.2, 0) is 9.59 Å². The molecule has 1 saturated heterocycles. The van der Waals surface area contributed by atoms with Gasteiger partial charge in [-0.3, -0.25) is 15.0 Å². The van der Waals surface area contributed by atoms with Crippen molar-refractivity contribution in [2.45, 2.75) is 45.8 Å². The van der Waals surface area contributed by atoms with Gasteiger partial charge in [0.1, 0.15) is 11.3 Å². The Hall–Kier alpha value is -2.57. The largest absolute Gasteiger partial charge is 0.481 e. The van der Waals surface area contributed by atoms with Crippen molar-refractivity contribution in [3.63, 3.8) is 0 Å². The smallest absolute Gasteiger partial charge is 0.344 e. The lowest BCUT2D eigenvalue weighted by atomic mass is 10.00. The molecule has 1 heterocycles. The summed E-state index contributed by atoms with van der Waals surface area (Å²) < 4.78 is 5.53. The summed E-state index contributed by atoms with van der Waals surface area (Å²) in [5, 5.41) is 3.27. The minimum Gasteiger partial charge on any atom is -0.481 e. The minimum absolute atomic E-state index is 0.430. The number of hydrogen-bond donors (Lipinski definition) is 2. The van der Waals surface area contributed by atoms with E-state index < -0.39 is 29.5 Å². The van der Waals surface area contributed by atoms with Gasteiger partial charge in [0.05, 0.1) is 0 Å². The average Bonchev–Trinajstić information content (AvgIpc) is 2.71. The Kier molecular flexibility index (Phi) is 4.58. The molecule has 1 aromatic rings. The summed E-state index contributed by atoms with van der Waals surface area (Å²) in [7, 11) is 0. The van der Waals surface area contributed by atoms with Gasteiger partial charge in [0.25, 0.3) is 11.8 Å². The highest BCUT2D eigenvalue weighted by molar-refractivity contribution is 6.07. The molecule has 23 heavy (non-hydrogen) atoms. The van der Waals surface area contributed by atoms with Crippen molar-refractivity contribution in [1.82, 2.24) is 15.8 Å². The summed E-state index contributed by atoms with van der Waals surface area (Å²) in [5.41, 5.74) is 2.32. The standard InChI is InChI=1S/C16H21N3O4/c1-5-16(4)14(21)19(15(22)17-16)18-13(20)11(3)23-12-8-6-7-10(2)9-12/h6-9,11H,5H2,1-4H3,(H,17,22)(H,18,20)/t11-,16+/m1/s1. The Bertz CT molecular complexity index is 646. The number of nitrogens with one attached hydrogen (secondary N) is 2. The third-order valence-electron chi connectivity index (χ3n) is 3.86. The van der Waals surface area contributed by atoms with Gasteiger partial charge in [-0.25, -0.2) is 4.79 Å². The Morgan fingerprint density at radius 1 is 1.43 bits per heavy atom. The number of benzene rings is 1. The van der Waals surface area contributed by atoms with Gasteiger partial charge >= 0.3 is 6.03 Å². The molecule has 7 heteroatoms. The lowest BCUT2D eigenvalue weighted by molar-refractivity contribution is -0.141. The Balaban J connectivity index is 2.01. The Morgan fingerprint density at radius 3 is 2.70 bits per heavy atom. The molecule has 1 aromatic carbocycles. The van der Waals surface area contributed by atoms with E-state index in [-0.39, 0.29) is 0 Å². The summed E-state index contributed by atoms with van der Waals surface area (Å²) in [6, 6.07) is 6.62. The van der Waals surface area contributed by atoms with Crippen molar-refractivity contribution >= 4 is 17.8 Å². The Labute approximate surface area is 135 Å². The van der Waals surface area contributed by atoms with E-state index in [0.717, 1.165) is 5.56 Å². The monoisotopic (exact) mass is 319 g/mol. The molecule has 1 aliphatic rings. The lowest BCUT2D eigenvalue weighted by Gasteiger charge is -2.21. The van der Waals surface area contributed by atoms with Crippen molar-refractivity contribution in [1.29, 1.82) is 0 Å². The highest BCUT2D eigenvalue weighted by atomic mass is 16.5. The number of rotatable bonds is 5. The molecule has 1 fully saturated rings. The van der Waals surface area contributed by atoms with E-state index in [2.05, 4.69) is 10.7 Å². The predicted octanol–water partition coefficient (Wildman–Crippen LogP) is 1.51. The topological polar surface area (TPSA) is 87.7 Å². The second-order valence-corrected chi connectivity index (χ2v) is 5.81. The number of hydrogen-bond acceptors (Lipinski definition) is 4. The van der Waals surface area contributed by atoms with E-state index in [1.165, 1.54) is 0 Å². The number of carbonyl (C=O) groups excluding carboxylic acids is 3. The van der Waals surface area contributed by atoms with Crippen molar-refractivity contribution in [3.8, 4) is 5.75 Å². The van der Waals surface area contributed by atoms with Crippen LogP contribution in [0.3, 0.4) is 0 Å². The molecule has 7 nitrogen and oxygen atoms in total. The molecule has 4 amide bonds. The first kappa shape index (κ1) is 16.8. The van der Waals surface area contributed by atoms with E-state index in [4.69, 9.17) is 4.74 Å². The zero-order valence-corrected chi connectivity index (χ0v) is 13.7. The molecule has 2 atom stereocenters. The number of hydrazine groups is 1. The van der Waals surface area contributed by atoms with Gasteiger partial charge in [-0.1, -0.05) is 19.1 Å². The van der Waals surface area contributed by atoms with Crippen molar-refractivity contribution in [2.75, 3.05) is 0 Å². The van der Waals surface area contributed by atoms with Gasteiger partial charge in [0, 0.05) is 0 Å². The quantitative estimate of drug-likeness (QED) is 0.805. The molecular weight excluding hydrogens is 298 g/mol. The van der Waals surface area contributed by atoms with Crippen LogP contribution in [-0.4, -0.2) is 34.5 Å². The van der Waals surface area contributed by atoms with E-state index in [9.17, 15) is 14.4 Å². The zero-order valence-electron chi connectivity index (χ0n) is 13.7. The molecule has 0 saturated carbocycles. The lowest BCUT2D eigenvalue weighted by Crippen LogP contribution is -2.51. The molecule has 0 aromatic heterocycles. The number of ether oxygens (including phenoxy) is 1. The number of nitrogens with zero attached hydrogens (tertiary/aromatic N) is 1. The van der Waals surface area contributed by atoms with Gasteiger partial charge < -0.3 is 10.1 Å². The number of urea groups is 1. The maximum atomic E-state index is 12.2. The molecule has 0 bridgehead atoms. The molecule has 0 spiro atoms. The summed E-state index contributed by atoms with van der Waals surface area (Å²) in [5.74, 6) is -0.514. The summed E-state index contributed by atoms with van der Waals surface area (Å²) in [6.07, 6.45) is -0.426. The third kappa shape index (κ3) is 3.44. The van der Waals surface area contributed by atoms with Crippen molar-refractivity contribution in [3.05, 3.63) is 29.8 Å². The van der Waals surface area contributed by atoms with Gasteiger partial charge in [-0.05, 0) is 44.9 Å². The van der Waals surface area contributed by atoms with Gasteiger partial charge in [0.2, 0.25) is 0 Å². The van der Waals surface area contributed by atoms with E-state index >= 15 is 0 Å². The van der Waals surface area contributed by atoms with Crippen LogP contribution in [0.15, 0.2) is 24.3 Å². The second-order valence-electron chi connectivity index (χ2n) is 5.81. The van der Waals surface area contributed by atoms with Crippen LogP contribution in [0.1, 0.15) is 32.8 Å². The summed E-state index contributed by atoms with van der Waals surface area (Å²) >= 11 is 0. The first-order chi connectivity index (χ1) is 10.8. The SMILES string of the molecule is CC[C@]1(C)NC(=O)N(NC(=O)[C@@H](C)Oc2cccc(C)c2)C1=O. The average molecular weight is 319 g/mol. The highest BCUT2D eigenvalue weighted by Crippen LogP contribution is 2.19. The van der Waals surface area contributed by atoms with E-state index in [1.54, 1.807) is 32.9 Å². The maximum absolute atomic E-state index is 12.2. The fourth-order valence-corrected chi connectivity index (χ4v) is 2.17. The van der Waals surface area contributed by atoms with Crippen LogP contribution in [0.4, 0.5) is 4.79 Å². The van der Waals surface area contributed by atoms with Crippen LogP contribution < -0.4 is 15.5 Å². The molecule has 2 rings (SSSR count). The fourth-order valence-electron chi connectivity index (χ4n) is 2.17. The highest BCUT2D eigenvalue weighted by Gasteiger charge is 2.47. The molecular formula is C16H21N3O4. The molecule has 0 radical (unpaired) electrons. The third-order valence-corrected chi connectivity index (χ3v) is 3.86. The van der Waals surface area contributed by atoms with Gasteiger partial charge in [-0.15, -0.1) is 0 Å². The molecule has 1 aliphatic heterocycles. The minimum atomic E-state index is -0.995. The van der Waals surface area contributed by atoms with Crippen LogP contribution in [0.2, 0.25) is 0 Å².